The molecule has 4 rings (SSSR count). The van der Waals surface area contributed by atoms with E-state index in [1.165, 1.54) is 0 Å². The van der Waals surface area contributed by atoms with Gasteiger partial charge in [0.15, 0.2) is 5.65 Å². The third-order valence-corrected chi connectivity index (χ3v) is 5.38. The van der Waals surface area contributed by atoms with Crippen LogP contribution in [0.1, 0.15) is 28.8 Å². The summed E-state index contributed by atoms with van der Waals surface area (Å²) >= 11 is 3.51. The van der Waals surface area contributed by atoms with Crippen molar-refractivity contribution in [3.63, 3.8) is 0 Å². The topological polar surface area (TPSA) is 74.6 Å². The Hall–Kier alpha value is -2.45. The highest BCUT2D eigenvalue weighted by atomic mass is 79.9. The number of nitrogens with zero attached hydrogens (tertiary/aromatic N) is 4. The zero-order valence-corrected chi connectivity index (χ0v) is 18.5. The lowest BCUT2D eigenvalue weighted by atomic mass is 10.0. The minimum Gasteiger partial charge on any atom is -0.381 e. The van der Waals surface area contributed by atoms with Crippen molar-refractivity contribution in [1.29, 1.82) is 0 Å². The summed E-state index contributed by atoms with van der Waals surface area (Å²) < 4.78 is 2.56. The maximum Gasteiger partial charge on any atom is 0.251 e. The SMILES string of the molecule is Cc1cc(-c2cnc3c(NCCN(C)C)cc(Br)nn23)ccc1C(=O)NC1CC1. The Balaban J connectivity index is 1.64. The molecule has 2 N–H and O–H groups in total. The van der Waals surface area contributed by atoms with Crippen LogP contribution in [-0.2, 0) is 0 Å². The largest absolute Gasteiger partial charge is 0.381 e. The lowest BCUT2D eigenvalue weighted by molar-refractivity contribution is 0.0950. The van der Waals surface area contributed by atoms with Gasteiger partial charge in [0.05, 0.1) is 17.6 Å². The Morgan fingerprint density at radius 2 is 2.10 bits per heavy atom. The number of aryl methyl sites for hydroxylation is 1. The highest BCUT2D eigenvalue weighted by Crippen LogP contribution is 2.28. The minimum absolute atomic E-state index is 0.00272. The average molecular weight is 457 g/mol. The Morgan fingerprint density at radius 1 is 1.31 bits per heavy atom. The molecule has 0 bridgehead atoms. The van der Waals surface area contributed by atoms with Crippen molar-refractivity contribution in [1.82, 2.24) is 24.8 Å². The van der Waals surface area contributed by atoms with Gasteiger partial charge >= 0.3 is 0 Å². The van der Waals surface area contributed by atoms with E-state index in [2.05, 4.69) is 41.5 Å². The number of hydrogen-bond donors (Lipinski definition) is 2. The van der Waals surface area contributed by atoms with Crippen LogP contribution in [0.5, 0.6) is 0 Å². The molecule has 0 atom stereocenters. The standard InChI is InChI=1S/C21H25BrN6O/c1-13-10-14(4-7-16(13)21(29)25-15-5-6-15)18-12-24-20-17(23-8-9-27(2)3)11-19(22)26-28(18)20/h4,7,10-12,15,23H,5-6,8-9H2,1-3H3,(H,25,29). The number of nitrogens with one attached hydrogen (secondary N) is 2. The number of imidazole rings is 1. The molecule has 0 unspecified atom stereocenters. The van der Waals surface area contributed by atoms with Gasteiger partial charge in [-0.1, -0.05) is 6.07 Å². The van der Waals surface area contributed by atoms with Crippen LogP contribution in [0.15, 0.2) is 35.1 Å². The molecule has 3 aromatic rings. The van der Waals surface area contributed by atoms with Crippen LogP contribution >= 0.6 is 15.9 Å². The van der Waals surface area contributed by atoms with Crippen LogP contribution < -0.4 is 10.6 Å². The van der Waals surface area contributed by atoms with E-state index in [1.807, 2.05) is 56.0 Å². The molecule has 1 saturated carbocycles. The molecular weight excluding hydrogens is 432 g/mol. The molecule has 0 aliphatic heterocycles. The van der Waals surface area contributed by atoms with Crippen molar-refractivity contribution in [3.8, 4) is 11.3 Å². The Kier molecular flexibility index (Phi) is 5.56. The molecule has 2 aromatic heterocycles. The smallest absolute Gasteiger partial charge is 0.251 e. The summed E-state index contributed by atoms with van der Waals surface area (Å²) in [6, 6.07) is 8.15. The molecule has 0 spiro atoms. The summed E-state index contributed by atoms with van der Waals surface area (Å²) in [7, 11) is 4.09. The van der Waals surface area contributed by atoms with E-state index in [4.69, 9.17) is 0 Å². The summed E-state index contributed by atoms with van der Waals surface area (Å²) in [5.41, 5.74) is 5.22. The van der Waals surface area contributed by atoms with Gasteiger partial charge < -0.3 is 15.5 Å². The predicted octanol–water partition coefficient (Wildman–Crippen LogP) is 3.33. The lowest BCUT2D eigenvalue weighted by Crippen LogP contribution is -2.26. The molecule has 29 heavy (non-hydrogen) atoms. The number of hydrogen-bond acceptors (Lipinski definition) is 5. The zero-order valence-electron chi connectivity index (χ0n) is 16.9. The lowest BCUT2D eigenvalue weighted by Gasteiger charge is -2.12. The van der Waals surface area contributed by atoms with Crippen LogP contribution in [-0.4, -0.2) is 58.6 Å². The average Bonchev–Trinajstić information content (AvgIpc) is 3.37. The first kappa shape index (κ1) is 19.8. The second-order valence-corrected chi connectivity index (χ2v) is 8.58. The number of halogens is 1. The first-order chi connectivity index (χ1) is 13.9. The Bertz CT molecular complexity index is 1060. The van der Waals surface area contributed by atoms with Crippen LogP contribution in [0.3, 0.4) is 0 Å². The molecule has 1 aromatic carbocycles. The molecule has 152 valence electrons. The second kappa shape index (κ2) is 8.12. The van der Waals surface area contributed by atoms with Crippen LogP contribution in [0.25, 0.3) is 16.9 Å². The van der Waals surface area contributed by atoms with Crippen molar-refractivity contribution in [2.45, 2.75) is 25.8 Å². The molecule has 0 radical (unpaired) electrons. The molecule has 1 aliphatic carbocycles. The number of likely N-dealkylation sites (N-methyl/N-ethyl adjacent to an activating group) is 1. The van der Waals surface area contributed by atoms with Crippen LogP contribution in [0.4, 0.5) is 5.69 Å². The maximum absolute atomic E-state index is 12.4. The van der Waals surface area contributed by atoms with Gasteiger partial charge in [-0.3, -0.25) is 4.79 Å². The predicted molar refractivity (Wildman–Crippen MR) is 118 cm³/mol. The number of rotatable bonds is 7. The van der Waals surface area contributed by atoms with Crippen molar-refractivity contribution in [2.24, 2.45) is 0 Å². The number of amides is 1. The van der Waals surface area contributed by atoms with Gasteiger partial charge in [0, 0.05) is 30.3 Å². The number of aromatic nitrogens is 3. The summed E-state index contributed by atoms with van der Waals surface area (Å²) in [6.45, 7) is 3.70. The fourth-order valence-electron chi connectivity index (χ4n) is 3.25. The van der Waals surface area contributed by atoms with Crippen molar-refractivity contribution < 1.29 is 4.79 Å². The van der Waals surface area contributed by atoms with Crippen molar-refractivity contribution in [2.75, 3.05) is 32.5 Å². The van der Waals surface area contributed by atoms with Gasteiger partial charge in [-0.25, -0.2) is 9.50 Å². The van der Waals surface area contributed by atoms with E-state index in [0.717, 1.165) is 64.3 Å². The maximum atomic E-state index is 12.4. The second-order valence-electron chi connectivity index (χ2n) is 7.77. The quantitative estimate of drug-likeness (QED) is 0.570. The van der Waals surface area contributed by atoms with Gasteiger partial charge in [0.1, 0.15) is 4.60 Å². The van der Waals surface area contributed by atoms with Crippen molar-refractivity contribution in [3.05, 3.63) is 46.2 Å². The summed E-state index contributed by atoms with van der Waals surface area (Å²) in [5, 5.41) is 11.1. The van der Waals surface area contributed by atoms with E-state index in [0.29, 0.717) is 6.04 Å². The number of benzene rings is 1. The number of carbonyl (C=O) groups is 1. The zero-order chi connectivity index (χ0) is 20.5. The first-order valence-corrected chi connectivity index (χ1v) is 10.6. The van der Waals surface area contributed by atoms with E-state index in [9.17, 15) is 4.79 Å². The third kappa shape index (κ3) is 4.43. The molecule has 0 saturated heterocycles. The molecule has 1 amide bonds. The van der Waals surface area contributed by atoms with Gasteiger partial charge in [0.25, 0.3) is 5.91 Å². The van der Waals surface area contributed by atoms with Crippen LogP contribution in [0.2, 0.25) is 0 Å². The van der Waals surface area contributed by atoms with Gasteiger partial charge in [-0.05, 0) is 73.6 Å². The minimum atomic E-state index is 0.00272. The fourth-order valence-corrected chi connectivity index (χ4v) is 3.64. The summed E-state index contributed by atoms with van der Waals surface area (Å²) in [4.78, 5) is 19.1. The highest BCUT2D eigenvalue weighted by Gasteiger charge is 2.24. The van der Waals surface area contributed by atoms with Crippen molar-refractivity contribution >= 4 is 33.2 Å². The summed E-state index contributed by atoms with van der Waals surface area (Å²) in [5.74, 6) is 0.00272. The molecule has 1 fully saturated rings. The third-order valence-electron chi connectivity index (χ3n) is 4.99. The van der Waals surface area contributed by atoms with E-state index in [1.54, 1.807) is 0 Å². The Labute approximate surface area is 178 Å². The number of fused-ring (bicyclic) bond motifs is 1. The molecule has 8 heteroatoms. The molecule has 7 nitrogen and oxygen atoms in total. The number of anilines is 1. The van der Waals surface area contributed by atoms with Gasteiger partial charge in [0.2, 0.25) is 0 Å². The van der Waals surface area contributed by atoms with Gasteiger partial charge in [-0.15, -0.1) is 0 Å². The fraction of sp³-hybridized carbons (Fsp3) is 0.381. The van der Waals surface area contributed by atoms with E-state index in [-0.39, 0.29) is 5.91 Å². The normalized spacial score (nSPS) is 13.8. The van der Waals surface area contributed by atoms with E-state index < -0.39 is 0 Å². The number of carbonyl (C=O) groups excluding carboxylic acids is 1. The highest BCUT2D eigenvalue weighted by molar-refractivity contribution is 9.10. The Morgan fingerprint density at radius 3 is 2.79 bits per heavy atom. The molecule has 1 aliphatic rings. The molecule has 2 heterocycles. The van der Waals surface area contributed by atoms with Crippen LogP contribution in [0, 0.1) is 6.92 Å². The summed E-state index contributed by atoms with van der Waals surface area (Å²) in [6.07, 6.45) is 3.98. The first-order valence-electron chi connectivity index (χ1n) is 9.77. The van der Waals surface area contributed by atoms with E-state index >= 15 is 0 Å². The van der Waals surface area contributed by atoms with Gasteiger partial charge in [-0.2, -0.15) is 5.10 Å². The molecular formula is C21H25BrN6O. The monoisotopic (exact) mass is 456 g/mol.